The Hall–Kier alpha value is -3.07. The molecule has 0 saturated carbocycles. The van der Waals surface area contributed by atoms with E-state index in [4.69, 9.17) is 16.6 Å². The summed E-state index contributed by atoms with van der Waals surface area (Å²) in [4.78, 5) is 8.90. The molecule has 1 aliphatic rings. The lowest BCUT2D eigenvalue weighted by Gasteiger charge is -2.34. The summed E-state index contributed by atoms with van der Waals surface area (Å²) >= 11 is 6.12. The highest BCUT2D eigenvalue weighted by Crippen LogP contribution is 2.34. The van der Waals surface area contributed by atoms with Crippen molar-refractivity contribution in [3.05, 3.63) is 75.8 Å². The second-order valence-corrected chi connectivity index (χ2v) is 8.86. The van der Waals surface area contributed by atoms with Crippen molar-refractivity contribution in [2.45, 2.75) is 13.3 Å². The maximum atomic E-state index is 10.1. The van der Waals surface area contributed by atoms with Gasteiger partial charge >= 0.3 is 0 Å². The molecule has 4 aromatic rings. The van der Waals surface area contributed by atoms with Gasteiger partial charge in [0.05, 0.1) is 49.8 Å². The van der Waals surface area contributed by atoms with Crippen LogP contribution in [0.25, 0.3) is 16.7 Å². The van der Waals surface area contributed by atoms with Crippen molar-refractivity contribution >= 4 is 34.1 Å². The Balaban J connectivity index is 1.81. The summed E-state index contributed by atoms with van der Waals surface area (Å²) in [6.07, 6.45) is 0.745. The zero-order valence-corrected chi connectivity index (χ0v) is 18.6. The number of imidazole rings is 1. The molecule has 31 heavy (non-hydrogen) atoms. The summed E-state index contributed by atoms with van der Waals surface area (Å²) in [6, 6.07) is 18.6. The number of pyridine rings is 1. The summed E-state index contributed by atoms with van der Waals surface area (Å²) in [5.41, 5.74) is 6.76. The fourth-order valence-electron chi connectivity index (χ4n) is 4.61. The van der Waals surface area contributed by atoms with Crippen LogP contribution in [0.3, 0.4) is 0 Å². The van der Waals surface area contributed by atoms with Crippen LogP contribution < -0.4 is 9.80 Å². The third-order valence-electron chi connectivity index (χ3n) is 6.42. The van der Waals surface area contributed by atoms with E-state index in [0.717, 1.165) is 59.9 Å². The largest absolute Gasteiger partial charge is 0.346 e. The summed E-state index contributed by atoms with van der Waals surface area (Å²) in [6.45, 7) is 6.20. The number of likely N-dealkylation sites (N-methyl/N-ethyl adjacent to an activating group) is 1. The second kappa shape index (κ2) is 7.88. The van der Waals surface area contributed by atoms with E-state index in [9.17, 15) is 5.26 Å². The molecule has 1 aliphatic heterocycles. The molecule has 1 fully saturated rings. The van der Waals surface area contributed by atoms with E-state index in [-0.39, 0.29) is 0 Å². The first-order chi connectivity index (χ1) is 15.1. The highest BCUT2D eigenvalue weighted by molar-refractivity contribution is 6.30. The number of rotatable bonds is 3. The monoisotopic (exact) mass is 430 g/mol. The summed E-state index contributed by atoms with van der Waals surface area (Å²) in [7, 11) is 2.25. The van der Waals surface area contributed by atoms with Crippen LogP contribution in [0.15, 0.2) is 48.5 Å². The fourth-order valence-corrected chi connectivity index (χ4v) is 4.74. The number of hydrogen-bond donors (Lipinski definition) is 1. The van der Waals surface area contributed by atoms with Crippen molar-refractivity contribution in [1.29, 1.82) is 5.26 Å². The van der Waals surface area contributed by atoms with E-state index in [1.807, 2.05) is 30.3 Å². The lowest BCUT2D eigenvalue weighted by atomic mass is 9.97. The van der Waals surface area contributed by atoms with Crippen LogP contribution in [-0.4, -0.2) is 42.6 Å². The highest BCUT2D eigenvalue weighted by Gasteiger charge is 2.27. The molecule has 5 rings (SSSR count). The molecule has 6 heteroatoms. The quantitative estimate of drug-likeness (QED) is 0.542. The van der Waals surface area contributed by atoms with E-state index < -0.39 is 0 Å². The summed E-state index contributed by atoms with van der Waals surface area (Å²) < 4.78 is 2.22. The van der Waals surface area contributed by atoms with Gasteiger partial charge in [0.2, 0.25) is 0 Å². The molecule has 2 aromatic carbocycles. The molecule has 0 spiro atoms. The van der Waals surface area contributed by atoms with Gasteiger partial charge in [0, 0.05) is 17.0 Å². The van der Waals surface area contributed by atoms with E-state index >= 15 is 0 Å². The van der Waals surface area contributed by atoms with Crippen LogP contribution >= 0.6 is 11.6 Å². The van der Waals surface area contributed by atoms with Crippen molar-refractivity contribution in [2.75, 3.05) is 38.1 Å². The Morgan fingerprint density at radius 2 is 1.81 bits per heavy atom. The van der Waals surface area contributed by atoms with E-state index in [2.05, 4.69) is 47.5 Å². The molecule has 0 radical (unpaired) electrons. The minimum absolute atomic E-state index is 0.656. The minimum atomic E-state index is 0.656. The van der Waals surface area contributed by atoms with Crippen LogP contribution in [0, 0.1) is 18.3 Å². The van der Waals surface area contributed by atoms with Crippen LogP contribution in [0.1, 0.15) is 22.3 Å². The van der Waals surface area contributed by atoms with Crippen molar-refractivity contribution < 1.29 is 4.90 Å². The molecule has 0 unspecified atom stereocenters. The number of nitriles is 1. The number of hydrogen-bond acceptors (Lipinski definition) is 3. The maximum Gasteiger partial charge on any atom is 0.157 e. The van der Waals surface area contributed by atoms with Gasteiger partial charge < -0.3 is 9.80 Å². The zero-order chi connectivity index (χ0) is 21.5. The summed E-state index contributed by atoms with van der Waals surface area (Å²) in [5, 5.41) is 10.8. The number of piperazine rings is 1. The smallest absolute Gasteiger partial charge is 0.157 e. The Morgan fingerprint density at radius 1 is 1.10 bits per heavy atom. The van der Waals surface area contributed by atoms with Crippen molar-refractivity contribution in [3.63, 3.8) is 0 Å². The van der Waals surface area contributed by atoms with E-state index in [1.165, 1.54) is 16.9 Å². The number of quaternary nitrogens is 1. The van der Waals surface area contributed by atoms with Crippen LogP contribution in [-0.2, 0) is 6.42 Å². The van der Waals surface area contributed by atoms with Gasteiger partial charge in [0.1, 0.15) is 11.9 Å². The van der Waals surface area contributed by atoms with Crippen LogP contribution in [0.2, 0.25) is 5.02 Å². The SMILES string of the molecule is Cc1c(Cc2ccc(Cl)cc2)c(N2CC[NH+](C)CC2)n2c(nc3ccccc32)c1C#N. The molecule has 0 aliphatic carbocycles. The standard InChI is InChI=1S/C25H24ClN5/c1-17-20(15-18-7-9-19(26)10-8-18)25(30-13-11-29(2)12-14-30)31-23-6-4-3-5-22(23)28-24(31)21(17)16-27/h3-10H,11-15H2,1-2H3/p+1. The van der Waals surface area contributed by atoms with E-state index in [1.54, 1.807) is 4.90 Å². The average Bonchev–Trinajstić information content (AvgIpc) is 3.15. The first kappa shape index (κ1) is 19.9. The first-order valence-corrected chi connectivity index (χ1v) is 11.1. The second-order valence-electron chi connectivity index (χ2n) is 8.42. The third-order valence-corrected chi connectivity index (χ3v) is 6.67. The van der Waals surface area contributed by atoms with E-state index in [0.29, 0.717) is 5.56 Å². The van der Waals surface area contributed by atoms with Gasteiger partial charge in [0.25, 0.3) is 0 Å². The van der Waals surface area contributed by atoms with Crippen molar-refractivity contribution in [2.24, 2.45) is 0 Å². The molecule has 1 N–H and O–H groups in total. The number of aromatic nitrogens is 2. The molecule has 5 nitrogen and oxygen atoms in total. The number of nitrogens with one attached hydrogen (secondary N) is 1. The molecule has 2 aromatic heterocycles. The average molecular weight is 431 g/mol. The number of anilines is 1. The van der Waals surface area contributed by atoms with Gasteiger partial charge in [-0.15, -0.1) is 0 Å². The zero-order valence-electron chi connectivity index (χ0n) is 17.8. The predicted octanol–water partition coefficient (Wildman–Crippen LogP) is 3.25. The van der Waals surface area contributed by atoms with Gasteiger partial charge in [-0.1, -0.05) is 35.9 Å². The molecule has 0 atom stereocenters. The van der Waals surface area contributed by atoms with Crippen LogP contribution in [0.5, 0.6) is 0 Å². The molecular formula is C25H25ClN5+. The predicted molar refractivity (Wildman–Crippen MR) is 125 cm³/mol. The first-order valence-electron chi connectivity index (χ1n) is 10.7. The van der Waals surface area contributed by atoms with Gasteiger partial charge in [-0.2, -0.15) is 5.26 Å². The molecule has 3 heterocycles. The van der Waals surface area contributed by atoms with Crippen molar-refractivity contribution in [1.82, 2.24) is 9.38 Å². The van der Waals surface area contributed by atoms with Crippen LogP contribution in [0.4, 0.5) is 5.82 Å². The third kappa shape index (κ3) is 3.42. The number of nitrogens with zero attached hydrogens (tertiary/aromatic N) is 4. The lowest BCUT2D eigenvalue weighted by molar-refractivity contribution is -0.880. The van der Waals surface area contributed by atoms with Gasteiger partial charge in [-0.3, -0.25) is 4.40 Å². The number of fused-ring (bicyclic) bond motifs is 3. The normalized spacial score (nSPS) is 15.0. The maximum absolute atomic E-state index is 10.1. The highest BCUT2D eigenvalue weighted by atomic mass is 35.5. The number of benzene rings is 2. The Bertz CT molecular complexity index is 1310. The Morgan fingerprint density at radius 3 is 2.52 bits per heavy atom. The fraction of sp³-hybridized carbons (Fsp3) is 0.280. The molecular weight excluding hydrogens is 406 g/mol. The van der Waals surface area contributed by atoms with Gasteiger partial charge in [-0.05, 0) is 42.3 Å². The van der Waals surface area contributed by atoms with Crippen molar-refractivity contribution in [3.8, 4) is 6.07 Å². The molecule has 0 bridgehead atoms. The van der Waals surface area contributed by atoms with Gasteiger partial charge in [-0.25, -0.2) is 4.98 Å². The Kier molecular flexibility index (Phi) is 5.05. The molecule has 156 valence electrons. The topological polar surface area (TPSA) is 48.8 Å². The summed E-state index contributed by atoms with van der Waals surface area (Å²) in [5.74, 6) is 1.17. The minimum Gasteiger partial charge on any atom is -0.346 e. The molecule has 0 amide bonds. The molecule has 1 saturated heterocycles. The number of para-hydroxylation sites is 2. The lowest BCUT2D eigenvalue weighted by Crippen LogP contribution is -3.12. The number of halogens is 1. The Labute approximate surface area is 187 Å². The van der Waals surface area contributed by atoms with Gasteiger partial charge in [0.15, 0.2) is 5.65 Å².